The number of rotatable bonds is 8. The zero-order valence-electron chi connectivity index (χ0n) is 27.5. The van der Waals surface area contributed by atoms with Gasteiger partial charge < -0.3 is 25.6 Å². The summed E-state index contributed by atoms with van der Waals surface area (Å²) in [7, 11) is 4.03. The number of hydrogen-bond acceptors (Lipinski definition) is 9. The average Bonchev–Trinajstić information content (AvgIpc) is 3.18. The molecule has 0 aromatic heterocycles. The molecule has 0 aliphatic carbocycles. The van der Waals surface area contributed by atoms with Crippen molar-refractivity contribution in [1.82, 2.24) is 30.2 Å². The number of aliphatic hydroxyl groups is 2. The van der Waals surface area contributed by atoms with Gasteiger partial charge in [0.2, 0.25) is 0 Å². The lowest BCUT2D eigenvalue weighted by molar-refractivity contribution is -0.140. The number of hydrogen-bond donors (Lipinski definition) is 4. The van der Waals surface area contributed by atoms with Gasteiger partial charge in [-0.2, -0.15) is 0 Å². The van der Waals surface area contributed by atoms with Gasteiger partial charge in [0.1, 0.15) is 11.1 Å². The number of ether oxygens (including phenoxy) is 1. The molecule has 4 heterocycles. The molecule has 4 rings (SSSR count). The topological polar surface area (TPSA) is 155 Å². The maximum atomic E-state index is 13.5. The van der Waals surface area contributed by atoms with Gasteiger partial charge in [0.05, 0.1) is 38.5 Å². The van der Waals surface area contributed by atoms with Gasteiger partial charge in [-0.3, -0.25) is 29.2 Å². The van der Waals surface area contributed by atoms with E-state index in [2.05, 4.69) is 20.4 Å². The monoisotopic (exact) mass is 608 g/mol. The van der Waals surface area contributed by atoms with Gasteiger partial charge in [-0.1, -0.05) is 0 Å². The second-order valence-electron chi connectivity index (χ2n) is 15.8. The molecular weight excluding hydrogens is 556 g/mol. The zero-order valence-corrected chi connectivity index (χ0v) is 27.5. The average molecular weight is 609 g/mol. The molecule has 4 saturated heterocycles. The number of urea groups is 2. The number of nitrogens with one attached hydrogen (secondary N) is 2. The third kappa shape index (κ3) is 5.90. The molecule has 0 saturated carbocycles. The van der Waals surface area contributed by atoms with Gasteiger partial charge >= 0.3 is 12.1 Å². The van der Waals surface area contributed by atoms with Crippen molar-refractivity contribution in [1.29, 1.82) is 0 Å². The summed E-state index contributed by atoms with van der Waals surface area (Å²) in [6.45, 7) is 15.3. The highest BCUT2D eigenvalue weighted by molar-refractivity contribution is 6.08. The first-order valence-corrected chi connectivity index (χ1v) is 15.2. The van der Waals surface area contributed by atoms with Gasteiger partial charge in [0.15, 0.2) is 0 Å². The van der Waals surface area contributed by atoms with Crippen molar-refractivity contribution in [2.75, 3.05) is 40.4 Å². The summed E-state index contributed by atoms with van der Waals surface area (Å²) in [4.78, 5) is 59.3. The van der Waals surface area contributed by atoms with Crippen LogP contribution in [0.25, 0.3) is 0 Å². The van der Waals surface area contributed by atoms with E-state index < -0.39 is 35.3 Å². The molecule has 0 radical (unpaired) electrons. The molecule has 4 aliphatic heterocycles. The molecule has 13 nitrogen and oxygen atoms in total. The van der Waals surface area contributed by atoms with Crippen LogP contribution in [0.3, 0.4) is 0 Å². The van der Waals surface area contributed by atoms with Crippen molar-refractivity contribution in [3.63, 3.8) is 0 Å². The Morgan fingerprint density at radius 1 is 0.628 bits per heavy atom. The first-order chi connectivity index (χ1) is 19.5. The molecule has 4 N–H and O–H groups in total. The van der Waals surface area contributed by atoms with E-state index in [1.54, 1.807) is 0 Å². The second-order valence-corrected chi connectivity index (χ2v) is 15.8. The maximum Gasteiger partial charge on any atom is 0.325 e. The molecule has 6 amide bonds. The van der Waals surface area contributed by atoms with Gasteiger partial charge in [0, 0.05) is 22.2 Å². The van der Waals surface area contributed by atoms with E-state index in [9.17, 15) is 29.4 Å². The summed E-state index contributed by atoms with van der Waals surface area (Å²) in [5.74, 6) is -0.725. The lowest BCUT2D eigenvalue weighted by Gasteiger charge is -2.56. The molecule has 4 aliphatic rings. The maximum absolute atomic E-state index is 13.5. The predicted octanol–water partition coefficient (Wildman–Crippen LogP) is 0.872. The summed E-state index contributed by atoms with van der Waals surface area (Å²) in [5, 5.41) is 27.1. The Hall–Kier alpha value is -2.32. The normalized spacial score (nSPS) is 28.8. The Morgan fingerprint density at radius 2 is 0.907 bits per heavy atom. The van der Waals surface area contributed by atoms with Crippen LogP contribution < -0.4 is 10.6 Å². The fourth-order valence-corrected chi connectivity index (χ4v) is 8.22. The Bertz CT molecular complexity index is 1040. The minimum Gasteiger partial charge on any atom is -0.389 e. The molecule has 0 aromatic carbocycles. The lowest BCUT2D eigenvalue weighted by atomic mass is 9.69. The second kappa shape index (κ2) is 10.6. The van der Waals surface area contributed by atoms with Crippen LogP contribution in [-0.4, -0.2) is 140 Å². The number of amides is 6. The molecule has 2 atom stereocenters. The third-order valence-electron chi connectivity index (χ3n) is 10.5. The van der Waals surface area contributed by atoms with E-state index in [-0.39, 0.29) is 60.3 Å². The number of carbonyl (C=O) groups excluding carboxylic acids is 4. The quantitative estimate of drug-likeness (QED) is 0.294. The molecule has 2 unspecified atom stereocenters. The Morgan fingerprint density at radius 3 is 1.19 bits per heavy atom. The summed E-state index contributed by atoms with van der Waals surface area (Å²) in [6.07, 6.45) is -0.614. The van der Waals surface area contributed by atoms with Gasteiger partial charge in [0.25, 0.3) is 11.8 Å². The SMILES string of the molecule is CN1C(C)(C)CC2(CC1(C)C)NC(=O)N(CC(O)COCC(O)CN1C(=O)NC3(CC(C)(C)N(C)C(C)(C)C3)C1=O)C2=O. The van der Waals surface area contributed by atoms with Crippen LogP contribution in [0.1, 0.15) is 81.1 Å². The van der Waals surface area contributed by atoms with E-state index in [4.69, 9.17) is 4.74 Å². The largest absolute Gasteiger partial charge is 0.389 e. The summed E-state index contributed by atoms with van der Waals surface area (Å²) >= 11 is 0. The van der Waals surface area contributed by atoms with Gasteiger partial charge in [-0.05, 0) is 95.2 Å². The number of β-amino-alcohol motifs (C(OH)–C–C–N with tert-alkyl or cyclic N) is 2. The zero-order chi connectivity index (χ0) is 32.6. The molecule has 4 fully saturated rings. The standard InChI is InChI=1S/C30H52N6O7/c1-25(2)15-29(16-26(3,4)33(25)9)21(39)35(23(41)31-29)11-19(37)13-43-14-20(38)12-36-22(40)30(32-24(36)42)17-27(5,6)34(10)28(7,8)18-30/h19-20,37-38H,11-18H2,1-10H3,(H,31,41)(H,32,42). The molecular formula is C30H52N6O7. The van der Waals surface area contributed by atoms with E-state index in [0.29, 0.717) is 25.7 Å². The molecule has 2 spiro atoms. The van der Waals surface area contributed by atoms with Crippen molar-refractivity contribution < 1.29 is 34.1 Å². The number of likely N-dealkylation sites (tertiary alicyclic amines) is 2. The predicted molar refractivity (Wildman–Crippen MR) is 159 cm³/mol. The van der Waals surface area contributed by atoms with E-state index in [0.717, 1.165) is 9.80 Å². The summed E-state index contributed by atoms with van der Waals surface area (Å²) in [5.41, 5.74) is -3.47. The highest BCUT2D eigenvalue weighted by atomic mass is 16.5. The van der Waals surface area contributed by atoms with Crippen LogP contribution in [0.15, 0.2) is 0 Å². The van der Waals surface area contributed by atoms with Crippen LogP contribution in [-0.2, 0) is 14.3 Å². The van der Waals surface area contributed by atoms with Crippen LogP contribution in [0.4, 0.5) is 9.59 Å². The smallest absolute Gasteiger partial charge is 0.325 e. The van der Waals surface area contributed by atoms with Crippen molar-refractivity contribution >= 4 is 23.9 Å². The van der Waals surface area contributed by atoms with E-state index in [1.165, 1.54) is 0 Å². The fraction of sp³-hybridized carbons (Fsp3) is 0.867. The van der Waals surface area contributed by atoms with E-state index in [1.807, 2.05) is 69.5 Å². The minimum absolute atomic E-state index is 0.250. The highest BCUT2D eigenvalue weighted by Gasteiger charge is 2.62. The number of imide groups is 2. The number of aliphatic hydroxyl groups excluding tert-OH is 2. The Labute approximate surface area is 255 Å². The van der Waals surface area contributed by atoms with E-state index >= 15 is 0 Å². The van der Waals surface area contributed by atoms with Crippen LogP contribution >= 0.6 is 0 Å². The van der Waals surface area contributed by atoms with Crippen molar-refractivity contribution in [3.8, 4) is 0 Å². The van der Waals surface area contributed by atoms with Crippen molar-refractivity contribution in [3.05, 3.63) is 0 Å². The first kappa shape index (κ1) is 33.6. The highest BCUT2D eigenvalue weighted by Crippen LogP contribution is 2.46. The molecule has 244 valence electrons. The number of piperidine rings is 2. The fourth-order valence-electron chi connectivity index (χ4n) is 8.22. The Kier molecular flexibility index (Phi) is 8.31. The lowest BCUT2D eigenvalue weighted by Crippen LogP contribution is -2.68. The van der Waals surface area contributed by atoms with Gasteiger partial charge in [-0.15, -0.1) is 0 Å². The molecule has 0 aromatic rings. The van der Waals surface area contributed by atoms with Crippen LogP contribution in [0.5, 0.6) is 0 Å². The van der Waals surface area contributed by atoms with Crippen molar-refractivity contribution in [2.24, 2.45) is 0 Å². The van der Waals surface area contributed by atoms with Crippen LogP contribution in [0.2, 0.25) is 0 Å². The minimum atomic E-state index is -1.19. The first-order valence-electron chi connectivity index (χ1n) is 15.2. The van der Waals surface area contributed by atoms with Gasteiger partial charge in [-0.25, -0.2) is 9.59 Å². The summed E-state index contributed by atoms with van der Waals surface area (Å²) < 4.78 is 5.50. The molecule has 13 heteroatoms. The molecule has 0 bridgehead atoms. The van der Waals surface area contributed by atoms with Crippen LogP contribution in [0, 0.1) is 0 Å². The summed E-state index contributed by atoms with van der Waals surface area (Å²) in [6, 6.07) is -1.10. The van der Waals surface area contributed by atoms with Crippen molar-refractivity contribution in [2.45, 2.75) is 127 Å². The molecule has 43 heavy (non-hydrogen) atoms. The Balaban J connectivity index is 1.30. The third-order valence-corrected chi connectivity index (χ3v) is 10.5. The number of carbonyl (C=O) groups is 4. The number of nitrogens with zero attached hydrogens (tertiary/aromatic N) is 4.